The summed E-state index contributed by atoms with van der Waals surface area (Å²) in [4.78, 5) is 21.2. The monoisotopic (exact) mass is 324 g/mol. The van der Waals surface area contributed by atoms with E-state index in [-0.39, 0.29) is 5.82 Å². The minimum Gasteiger partial charge on any atom is -0.353 e. The summed E-state index contributed by atoms with van der Waals surface area (Å²) in [6, 6.07) is 5.64. The maximum atomic E-state index is 13.7. The molecule has 0 aliphatic carbocycles. The van der Waals surface area contributed by atoms with Gasteiger partial charge in [0.2, 0.25) is 0 Å². The molecule has 1 saturated heterocycles. The third-order valence-corrected chi connectivity index (χ3v) is 4.31. The van der Waals surface area contributed by atoms with Crippen molar-refractivity contribution < 1.29 is 4.39 Å². The van der Waals surface area contributed by atoms with E-state index in [0.717, 1.165) is 37.4 Å². The van der Waals surface area contributed by atoms with E-state index < -0.39 is 0 Å². The molecular formula is C17H17FN6. The average molecular weight is 324 g/mol. The van der Waals surface area contributed by atoms with Crippen LogP contribution in [0.4, 0.5) is 10.2 Å². The van der Waals surface area contributed by atoms with Gasteiger partial charge in [-0.1, -0.05) is 0 Å². The largest absolute Gasteiger partial charge is 0.353 e. The summed E-state index contributed by atoms with van der Waals surface area (Å²) in [6.45, 7) is 4.00. The number of anilines is 1. The van der Waals surface area contributed by atoms with Crippen LogP contribution in [-0.2, 0) is 6.54 Å². The van der Waals surface area contributed by atoms with Gasteiger partial charge in [0.25, 0.3) is 0 Å². The number of halogens is 1. The fourth-order valence-electron chi connectivity index (χ4n) is 3.03. The van der Waals surface area contributed by atoms with Crippen LogP contribution < -0.4 is 4.90 Å². The van der Waals surface area contributed by atoms with Crippen molar-refractivity contribution in [2.75, 3.05) is 31.1 Å². The van der Waals surface area contributed by atoms with E-state index in [2.05, 4.69) is 29.7 Å². The van der Waals surface area contributed by atoms with Crippen LogP contribution in [0, 0.1) is 5.82 Å². The Morgan fingerprint density at radius 3 is 2.71 bits per heavy atom. The third kappa shape index (κ3) is 2.90. The van der Waals surface area contributed by atoms with Crippen molar-refractivity contribution in [1.29, 1.82) is 0 Å². The van der Waals surface area contributed by atoms with Gasteiger partial charge in [0.05, 0.1) is 11.6 Å². The van der Waals surface area contributed by atoms with Gasteiger partial charge < -0.3 is 4.90 Å². The van der Waals surface area contributed by atoms with E-state index in [1.165, 1.54) is 6.20 Å². The number of aromatic nitrogens is 4. The molecule has 0 bridgehead atoms. The number of piperazine rings is 1. The molecule has 7 heteroatoms. The molecule has 0 radical (unpaired) electrons. The molecule has 0 aromatic carbocycles. The van der Waals surface area contributed by atoms with Crippen molar-refractivity contribution in [3.63, 3.8) is 0 Å². The highest BCUT2D eigenvalue weighted by atomic mass is 19.1. The summed E-state index contributed by atoms with van der Waals surface area (Å²) in [5.41, 5.74) is 1.40. The molecule has 122 valence electrons. The second-order valence-corrected chi connectivity index (χ2v) is 5.80. The van der Waals surface area contributed by atoms with Gasteiger partial charge in [0, 0.05) is 50.7 Å². The van der Waals surface area contributed by atoms with Gasteiger partial charge in [-0.3, -0.25) is 9.88 Å². The van der Waals surface area contributed by atoms with Gasteiger partial charge in [-0.15, -0.1) is 0 Å². The molecule has 6 nitrogen and oxygen atoms in total. The lowest BCUT2D eigenvalue weighted by Crippen LogP contribution is -2.46. The Morgan fingerprint density at radius 1 is 1.00 bits per heavy atom. The highest BCUT2D eigenvalue weighted by Gasteiger charge is 2.20. The Morgan fingerprint density at radius 2 is 1.88 bits per heavy atom. The van der Waals surface area contributed by atoms with Crippen molar-refractivity contribution in [1.82, 2.24) is 24.8 Å². The molecule has 1 aliphatic rings. The number of hydrogen-bond donors (Lipinski definition) is 0. The fourth-order valence-corrected chi connectivity index (χ4v) is 3.03. The first-order valence-corrected chi connectivity index (χ1v) is 7.93. The number of nitrogens with zero attached hydrogens (tertiary/aromatic N) is 6. The van der Waals surface area contributed by atoms with Crippen LogP contribution in [0.5, 0.6) is 0 Å². The number of hydrogen-bond acceptors (Lipinski definition) is 6. The SMILES string of the molecule is Fc1cnccc1CN1CCN(c2ncnc3ncccc23)CC1. The van der Waals surface area contributed by atoms with Crippen LogP contribution in [0.15, 0.2) is 43.1 Å². The first-order chi connectivity index (χ1) is 11.8. The van der Waals surface area contributed by atoms with Crippen molar-refractivity contribution in [2.24, 2.45) is 0 Å². The molecule has 1 fully saturated rings. The molecule has 3 aromatic rings. The van der Waals surface area contributed by atoms with Crippen LogP contribution in [-0.4, -0.2) is 51.0 Å². The molecule has 1 aliphatic heterocycles. The predicted molar refractivity (Wildman–Crippen MR) is 89.0 cm³/mol. The Hall–Kier alpha value is -2.67. The smallest absolute Gasteiger partial charge is 0.164 e. The molecule has 0 unspecified atom stereocenters. The van der Waals surface area contributed by atoms with Crippen LogP contribution >= 0.6 is 0 Å². The van der Waals surface area contributed by atoms with Crippen molar-refractivity contribution in [2.45, 2.75) is 6.54 Å². The van der Waals surface area contributed by atoms with Crippen LogP contribution in [0.1, 0.15) is 5.56 Å². The first kappa shape index (κ1) is 14.9. The Bertz CT molecular complexity index is 842. The standard InChI is InChI=1S/C17H17FN6/c18-15-10-19-5-3-13(15)11-23-6-8-24(9-7-23)17-14-2-1-4-20-16(14)21-12-22-17/h1-5,10,12H,6-9,11H2. The minimum absolute atomic E-state index is 0.243. The van der Waals surface area contributed by atoms with E-state index in [1.54, 1.807) is 24.8 Å². The summed E-state index contributed by atoms with van der Waals surface area (Å²) in [5.74, 6) is 0.677. The molecule has 0 spiro atoms. The molecule has 4 heterocycles. The Balaban J connectivity index is 1.47. The van der Waals surface area contributed by atoms with E-state index in [4.69, 9.17) is 0 Å². The molecule has 4 rings (SSSR count). The zero-order valence-electron chi connectivity index (χ0n) is 13.1. The topological polar surface area (TPSA) is 58.0 Å². The van der Waals surface area contributed by atoms with E-state index in [1.807, 2.05) is 12.1 Å². The second-order valence-electron chi connectivity index (χ2n) is 5.80. The maximum absolute atomic E-state index is 13.7. The molecule has 0 N–H and O–H groups in total. The number of pyridine rings is 2. The lowest BCUT2D eigenvalue weighted by molar-refractivity contribution is 0.246. The van der Waals surface area contributed by atoms with Gasteiger partial charge in [-0.05, 0) is 18.2 Å². The van der Waals surface area contributed by atoms with Crippen LogP contribution in [0.2, 0.25) is 0 Å². The van der Waals surface area contributed by atoms with Crippen LogP contribution in [0.3, 0.4) is 0 Å². The lowest BCUT2D eigenvalue weighted by Gasteiger charge is -2.35. The Kier molecular flexibility index (Phi) is 4.00. The molecule has 0 atom stereocenters. The van der Waals surface area contributed by atoms with E-state index >= 15 is 0 Å². The summed E-state index contributed by atoms with van der Waals surface area (Å²) >= 11 is 0. The number of rotatable bonds is 3. The normalized spacial score (nSPS) is 15.8. The van der Waals surface area contributed by atoms with Crippen molar-refractivity contribution >= 4 is 16.9 Å². The lowest BCUT2D eigenvalue weighted by atomic mass is 10.2. The Labute approximate surface area is 139 Å². The predicted octanol–water partition coefficient (Wildman–Crippen LogP) is 1.88. The molecule has 0 saturated carbocycles. The van der Waals surface area contributed by atoms with Crippen LogP contribution in [0.25, 0.3) is 11.0 Å². The molecule has 24 heavy (non-hydrogen) atoms. The number of fused-ring (bicyclic) bond motifs is 1. The fraction of sp³-hybridized carbons (Fsp3) is 0.294. The van der Waals surface area contributed by atoms with Gasteiger partial charge in [-0.2, -0.15) is 0 Å². The summed E-state index contributed by atoms with van der Waals surface area (Å²) in [6.07, 6.45) is 6.20. The van der Waals surface area contributed by atoms with Gasteiger partial charge >= 0.3 is 0 Å². The van der Waals surface area contributed by atoms with Crippen molar-refractivity contribution in [3.8, 4) is 0 Å². The van der Waals surface area contributed by atoms with Gasteiger partial charge in [0.15, 0.2) is 5.65 Å². The highest BCUT2D eigenvalue weighted by Crippen LogP contribution is 2.22. The average Bonchev–Trinajstić information content (AvgIpc) is 2.64. The van der Waals surface area contributed by atoms with E-state index in [9.17, 15) is 4.39 Å². The zero-order valence-corrected chi connectivity index (χ0v) is 13.1. The molecule has 0 amide bonds. The minimum atomic E-state index is -0.243. The summed E-state index contributed by atoms with van der Waals surface area (Å²) in [7, 11) is 0. The highest BCUT2D eigenvalue weighted by molar-refractivity contribution is 5.86. The second kappa shape index (κ2) is 6.45. The quantitative estimate of drug-likeness (QED) is 0.733. The van der Waals surface area contributed by atoms with Gasteiger partial charge in [0.1, 0.15) is 18.0 Å². The first-order valence-electron chi connectivity index (χ1n) is 7.93. The van der Waals surface area contributed by atoms with Gasteiger partial charge in [-0.25, -0.2) is 19.3 Å². The maximum Gasteiger partial charge on any atom is 0.164 e. The van der Waals surface area contributed by atoms with E-state index in [0.29, 0.717) is 17.8 Å². The summed E-state index contributed by atoms with van der Waals surface area (Å²) in [5, 5.41) is 0.966. The molecular weight excluding hydrogens is 307 g/mol. The zero-order chi connectivity index (χ0) is 16.4. The van der Waals surface area contributed by atoms with Crippen molar-refractivity contribution in [3.05, 3.63) is 54.5 Å². The third-order valence-electron chi connectivity index (χ3n) is 4.31. The summed E-state index contributed by atoms with van der Waals surface area (Å²) < 4.78 is 13.7. The molecule has 3 aromatic heterocycles.